The highest BCUT2D eigenvalue weighted by Crippen LogP contribution is 2.34. The van der Waals surface area contributed by atoms with E-state index in [0.717, 1.165) is 27.2 Å². The summed E-state index contributed by atoms with van der Waals surface area (Å²) >= 11 is 9.80. The second-order valence-electron chi connectivity index (χ2n) is 4.52. The Morgan fingerprint density at radius 2 is 1.53 bits per heavy atom. The molecule has 0 N–H and O–H groups in total. The predicted molar refractivity (Wildman–Crippen MR) is 77.7 cm³/mol. The van der Waals surface area contributed by atoms with E-state index in [9.17, 15) is 8.78 Å². The van der Waals surface area contributed by atoms with E-state index in [1.54, 1.807) is 0 Å². The standard InChI is InChI=1S/C15H12BrClF2/c1-8-4-14(16)9(2)3-13(8)15(17)10-5-11(18)7-12(19)6-10/h3-7,15H,1-2H3. The molecule has 0 aliphatic carbocycles. The largest absolute Gasteiger partial charge is 0.207 e. The molecule has 1 unspecified atom stereocenters. The third kappa shape index (κ3) is 3.15. The second-order valence-corrected chi connectivity index (χ2v) is 5.81. The molecule has 0 radical (unpaired) electrons. The van der Waals surface area contributed by atoms with Gasteiger partial charge in [-0.2, -0.15) is 0 Å². The lowest BCUT2D eigenvalue weighted by atomic mass is 9.98. The van der Waals surface area contributed by atoms with Crippen LogP contribution in [0.2, 0.25) is 0 Å². The molecule has 0 fully saturated rings. The molecule has 2 rings (SSSR count). The van der Waals surface area contributed by atoms with Crippen molar-refractivity contribution >= 4 is 27.5 Å². The van der Waals surface area contributed by atoms with Crippen LogP contribution in [0.15, 0.2) is 34.8 Å². The van der Waals surface area contributed by atoms with Gasteiger partial charge in [0.05, 0.1) is 5.38 Å². The molecule has 1 atom stereocenters. The minimum Gasteiger partial charge on any atom is -0.207 e. The molecule has 19 heavy (non-hydrogen) atoms. The molecule has 100 valence electrons. The van der Waals surface area contributed by atoms with Crippen molar-refractivity contribution in [3.05, 3.63) is 68.7 Å². The number of hydrogen-bond donors (Lipinski definition) is 0. The van der Waals surface area contributed by atoms with Crippen LogP contribution in [0.3, 0.4) is 0 Å². The maximum Gasteiger partial charge on any atom is 0.126 e. The summed E-state index contributed by atoms with van der Waals surface area (Å²) in [6, 6.07) is 7.25. The fourth-order valence-electron chi connectivity index (χ4n) is 1.98. The summed E-state index contributed by atoms with van der Waals surface area (Å²) in [5.41, 5.74) is 3.28. The molecule has 0 saturated carbocycles. The molecule has 0 heterocycles. The van der Waals surface area contributed by atoms with E-state index in [4.69, 9.17) is 11.6 Å². The molecule has 2 aromatic rings. The zero-order valence-electron chi connectivity index (χ0n) is 10.5. The highest BCUT2D eigenvalue weighted by molar-refractivity contribution is 9.10. The number of hydrogen-bond acceptors (Lipinski definition) is 0. The molecule has 0 spiro atoms. The Hall–Kier alpha value is -0.930. The zero-order valence-corrected chi connectivity index (χ0v) is 12.8. The van der Waals surface area contributed by atoms with Gasteiger partial charge in [0.15, 0.2) is 0 Å². The van der Waals surface area contributed by atoms with Crippen LogP contribution in [0.25, 0.3) is 0 Å². The first-order valence-corrected chi connectivity index (χ1v) is 6.98. The van der Waals surface area contributed by atoms with Crippen molar-refractivity contribution in [2.24, 2.45) is 0 Å². The molecule has 0 amide bonds. The van der Waals surface area contributed by atoms with Crippen LogP contribution in [0, 0.1) is 25.5 Å². The van der Waals surface area contributed by atoms with Crippen LogP contribution in [-0.4, -0.2) is 0 Å². The van der Waals surface area contributed by atoms with Crippen LogP contribution in [0.1, 0.15) is 27.6 Å². The third-order valence-corrected chi connectivity index (χ3v) is 4.34. The Morgan fingerprint density at radius 3 is 2.11 bits per heavy atom. The highest BCUT2D eigenvalue weighted by atomic mass is 79.9. The first-order valence-electron chi connectivity index (χ1n) is 5.75. The van der Waals surface area contributed by atoms with E-state index in [1.165, 1.54) is 12.1 Å². The Labute approximate surface area is 124 Å². The van der Waals surface area contributed by atoms with E-state index < -0.39 is 17.0 Å². The Morgan fingerprint density at radius 1 is 0.947 bits per heavy atom. The molecular formula is C15H12BrClF2. The maximum absolute atomic E-state index is 13.2. The van der Waals surface area contributed by atoms with E-state index >= 15 is 0 Å². The number of rotatable bonds is 2. The summed E-state index contributed by atoms with van der Waals surface area (Å²) in [4.78, 5) is 0. The van der Waals surface area contributed by atoms with Gasteiger partial charge in [-0.1, -0.05) is 22.0 Å². The molecule has 0 saturated heterocycles. The SMILES string of the molecule is Cc1cc(C(Cl)c2cc(F)cc(F)c2)c(C)cc1Br. The summed E-state index contributed by atoms with van der Waals surface area (Å²) in [7, 11) is 0. The lowest BCUT2D eigenvalue weighted by molar-refractivity contribution is 0.580. The van der Waals surface area contributed by atoms with Gasteiger partial charge in [-0.05, 0) is 54.3 Å². The Kier molecular flexibility index (Phi) is 4.26. The number of benzene rings is 2. The van der Waals surface area contributed by atoms with Crippen LogP contribution < -0.4 is 0 Å². The molecule has 0 aliphatic heterocycles. The molecular weight excluding hydrogens is 334 g/mol. The summed E-state index contributed by atoms with van der Waals surface area (Å²) in [5, 5.41) is -0.572. The third-order valence-electron chi connectivity index (χ3n) is 3.00. The van der Waals surface area contributed by atoms with Crippen LogP contribution >= 0.6 is 27.5 Å². The van der Waals surface area contributed by atoms with Crippen LogP contribution in [0.5, 0.6) is 0 Å². The molecule has 0 aliphatic rings. The van der Waals surface area contributed by atoms with Crippen molar-refractivity contribution < 1.29 is 8.78 Å². The molecule has 2 aromatic carbocycles. The lowest BCUT2D eigenvalue weighted by Gasteiger charge is -2.15. The van der Waals surface area contributed by atoms with Gasteiger partial charge in [-0.25, -0.2) is 8.78 Å². The van der Waals surface area contributed by atoms with Crippen molar-refractivity contribution in [1.29, 1.82) is 0 Å². The lowest BCUT2D eigenvalue weighted by Crippen LogP contribution is -1.99. The maximum atomic E-state index is 13.2. The fraction of sp³-hybridized carbons (Fsp3) is 0.200. The Balaban J connectivity index is 2.49. The average molecular weight is 346 g/mol. The van der Waals surface area contributed by atoms with Gasteiger partial charge >= 0.3 is 0 Å². The number of halogens is 4. The molecule has 0 nitrogen and oxygen atoms in total. The van der Waals surface area contributed by atoms with Gasteiger partial charge in [-0.15, -0.1) is 11.6 Å². The van der Waals surface area contributed by atoms with Gasteiger partial charge in [0, 0.05) is 10.5 Å². The summed E-state index contributed by atoms with van der Waals surface area (Å²) in [5.74, 6) is -1.24. The Bertz CT molecular complexity index is 606. The van der Waals surface area contributed by atoms with Gasteiger partial charge in [-0.3, -0.25) is 0 Å². The smallest absolute Gasteiger partial charge is 0.126 e. The normalized spacial score (nSPS) is 12.5. The van der Waals surface area contributed by atoms with E-state index in [0.29, 0.717) is 5.56 Å². The minimum atomic E-state index is -0.618. The zero-order chi connectivity index (χ0) is 14.2. The van der Waals surface area contributed by atoms with Crippen molar-refractivity contribution in [2.75, 3.05) is 0 Å². The fourth-order valence-corrected chi connectivity index (χ4v) is 2.80. The topological polar surface area (TPSA) is 0 Å². The van der Waals surface area contributed by atoms with Gasteiger partial charge in [0.1, 0.15) is 11.6 Å². The summed E-state index contributed by atoms with van der Waals surface area (Å²) in [6.07, 6.45) is 0. The van der Waals surface area contributed by atoms with Crippen molar-refractivity contribution in [1.82, 2.24) is 0 Å². The van der Waals surface area contributed by atoms with E-state index in [-0.39, 0.29) is 0 Å². The van der Waals surface area contributed by atoms with Crippen molar-refractivity contribution in [3.8, 4) is 0 Å². The van der Waals surface area contributed by atoms with Crippen molar-refractivity contribution in [3.63, 3.8) is 0 Å². The molecule has 0 bridgehead atoms. The number of alkyl halides is 1. The second kappa shape index (κ2) is 5.59. The molecule has 4 heteroatoms. The van der Waals surface area contributed by atoms with E-state index in [1.807, 2.05) is 26.0 Å². The van der Waals surface area contributed by atoms with Gasteiger partial charge in [0.25, 0.3) is 0 Å². The summed E-state index contributed by atoms with van der Waals surface area (Å²) < 4.78 is 27.5. The first kappa shape index (κ1) is 14.5. The van der Waals surface area contributed by atoms with Gasteiger partial charge < -0.3 is 0 Å². The molecule has 0 aromatic heterocycles. The quantitative estimate of drug-likeness (QED) is 0.615. The monoisotopic (exact) mass is 344 g/mol. The first-order chi connectivity index (χ1) is 8.88. The number of aryl methyl sites for hydroxylation is 2. The van der Waals surface area contributed by atoms with Crippen LogP contribution in [0.4, 0.5) is 8.78 Å². The predicted octanol–water partition coefficient (Wildman–Crippen LogP) is 5.67. The van der Waals surface area contributed by atoms with Gasteiger partial charge in [0.2, 0.25) is 0 Å². The summed E-state index contributed by atoms with van der Waals surface area (Å²) in [6.45, 7) is 3.87. The van der Waals surface area contributed by atoms with Crippen molar-refractivity contribution in [2.45, 2.75) is 19.2 Å². The average Bonchev–Trinajstić information content (AvgIpc) is 2.31. The minimum absolute atomic E-state index is 0.420. The van der Waals surface area contributed by atoms with Crippen LogP contribution in [-0.2, 0) is 0 Å². The van der Waals surface area contributed by atoms with E-state index in [2.05, 4.69) is 15.9 Å². The highest BCUT2D eigenvalue weighted by Gasteiger charge is 2.16.